The Morgan fingerprint density at radius 2 is 2.21 bits per heavy atom. The van der Waals surface area contributed by atoms with Crippen molar-refractivity contribution in [2.75, 3.05) is 7.11 Å². The lowest BCUT2D eigenvalue weighted by Crippen LogP contribution is -2.08. The minimum Gasteiger partial charge on any atom is -0.481 e. The van der Waals surface area contributed by atoms with Crippen LogP contribution in [0.1, 0.15) is 16.1 Å². The standard InChI is InChI=1S/C13H10BrFN2O2/c1-19-12-6-8(16-7-17-12)5-11(18)9-3-2-4-10(14)13(9)15/h2-4,6-7H,5H2,1H3. The second kappa shape index (κ2) is 5.88. The fourth-order valence-corrected chi connectivity index (χ4v) is 1.93. The molecule has 0 aliphatic carbocycles. The number of carbonyl (C=O) groups is 1. The molecule has 0 unspecified atom stereocenters. The molecular formula is C13H10BrFN2O2. The van der Waals surface area contributed by atoms with Crippen LogP contribution in [-0.2, 0) is 6.42 Å². The minimum absolute atomic E-state index is 0.00769. The largest absolute Gasteiger partial charge is 0.481 e. The number of benzene rings is 1. The summed E-state index contributed by atoms with van der Waals surface area (Å²) in [5, 5.41) is 0. The Morgan fingerprint density at radius 1 is 1.42 bits per heavy atom. The van der Waals surface area contributed by atoms with Gasteiger partial charge >= 0.3 is 0 Å². The first-order chi connectivity index (χ1) is 9.11. The molecule has 0 aliphatic heterocycles. The number of Topliss-reactive ketones (excluding diaryl/α,β-unsaturated/α-hetero) is 1. The topological polar surface area (TPSA) is 52.1 Å². The molecule has 6 heteroatoms. The number of methoxy groups -OCH3 is 1. The van der Waals surface area contributed by atoms with Crippen LogP contribution in [0.4, 0.5) is 4.39 Å². The molecule has 2 aromatic rings. The molecule has 0 atom stereocenters. The first-order valence-electron chi connectivity index (χ1n) is 5.44. The van der Waals surface area contributed by atoms with Gasteiger partial charge in [0.25, 0.3) is 0 Å². The van der Waals surface area contributed by atoms with E-state index in [4.69, 9.17) is 4.74 Å². The summed E-state index contributed by atoms with van der Waals surface area (Å²) in [5.41, 5.74) is 0.517. The van der Waals surface area contributed by atoms with Crippen LogP contribution < -0.4 is 4.74 Å². The Balaban J connectivity index is 2.23. The summed E-state index contributed by atoms with van der Waals surface area (Å²) >= 11 is 3.05. The van der Waals surface area contributed by atoms with Gasteiger partial charge < -0.3 is 4.74 Å². The summed E-state index contributed by atoms with van der Waals surface area (Å²) in [4.78, 5) is 19.8. The molecule has 4 nitrogen and oxygen atoms in total. The maximum absolute atomic E-state index is 13.8. The quantitative estimate of drug-likeness (QED) is 0.811. The normalized spacial score (nSPS) is 10.3. The van der Waals surface area contributed by atoms with Crippen molar-refractivity contribution in [2.24, 2.45) is 0 Å². The molecule has 0 saturated carbocycles. The highest BCUT2D eigenvalue weighted by Gasteiger charge is 2.15. The van der Waals surface area contributed by atoms with Crippen LogP contribution in [0.25, 0.3) is 0 Å². The summed E-state index contributed by atoms with van der Waals surface area (Å²) in [5.74, 6) is -0.541. The van der Waals surface area contributed by atoms with Crippen molar-refractivity contribution in [3.8, 4) is 5.88 Å². The number of hydrogen-bond donors (Lipinski definition) is 0. The third-order valence-electron chi connectivity index (χ3n) is 2.50. The Kier molecular flexibility index (Phi) is 4.21. The lowest BCUT2D eigenvalue weighted by Gasteiger charge is -2.04. The zero-order valence-electron chi connectivity index (χ0n) is 10.1. The molecule has 98 valence electrons. The number of aromatic nitrogens is 2. The van der Waals surface area contributed by atoms with Crippen molar-refractivity contribution in [1.29, 1.82) is 0 Å². The zero-order valence-corrected chi connectivity index (χ0v) is 11.6. The molecule has 0 saturated heterocycles. The van der Waals surface area contributed by atoms with Crippen molar-refractivity contribution in [1.82, 2.24) is 9.97 Å². The molecule has 0 N–H and O–H groups in total. The molecular weight excluding hydrogens is 315 g/mol. The molecule has 2 rings (SSSR count). The van der Waals surface area contributed by atoms with Gasteiger partial charge in [0, 0.05) is 6.07 Å². The predicted molar refractivity (Wildman–Crippen MR) is 70.7 cm³/mol. The van der Waals surface area contributed by atoms with E-state index in [1.807, 2.05) is 0 Å². The molecule has 0 fully saturated rings. The van der Waals surface area contributed by atoms with Crippen LogP contribution in [-0.4, -0.2) is 22.9 Å². The summed E-state index contributed by atoms with van der Waals surface area (Å²) in [6.45, 7) is 0. The van der Waals surface area contributed by atoms with E-state index in [9.17, 15) is 9.18 Å². The SMILES string of the molecule is COc1cc(CC(=O)c2cccc(Br)c2F)ncn1. The maximum atomic E-state index is 13.8. The number of ketones is 1. The maximum Gasteiger partial charge on any atom is 0.216 e. The lowest BCUT2D eigenvalue weighted by atomic mass is 10.1. The van der Waals surface area contributed by atoms with Crippen molar-refractivity contribution in [3.63, 3.8) is 0 Å². The van der Waals surface area contributed by atoms with Gasteiger partial charge in [-0.2, -0.15) is 0 Å². The van der Waals surface area contributed by atoms with E-state index in [0.717, 1.165) is 0 Å². The minimum atomic E-state index is -0.562. The van der Waals surface area contributed by atoms with Gasteiger partial charge in [-0.15, -0.1) is 0 Å². The first-order valence-corrected chi connectivity index (χ1v) is 6.23. The third-order valence-corrected chi connectivity index (χ3v) is 3.11. The van der Waals surface area contributed by atoms with Crippen molar-refractivity contribution in [2.45, 2.75) is 6.42 Å². The van der Waals surface area contributed by atoms with Crippen molar-refractivity contribution < 1.29 is 13.9 Å². The highest BCUT2D eigenvalue weighted by Crippen LogP contribution is 2.20. The van der Waals surface area contributed by atoms with Crippen LogP contribution in [0.2, 0.25) is 0 Å². The Labute approximate surface area is 117 Å². The number of carbonyl (C=O) groups excluding carboxylic acids is 1. The van der Waals surface area contributed by atoms with E-state index in [1.165, 1.54) is 19.5 Å². The van der Waals surface area contributed by atoms with Gasteiger partial charge in [0.15, 0.2) is 5.78 Å². The molecule has 0 amide bonds. The van der Waals surface area contributed by atoms with Crippen LogP contribution in [0, 0.1) is 5.82 Å². The summed E-state index contributed by atoms with van der Waals surface area (Å²) in [6, 6.07) is 6.15. The van der Waals surface area contributed by atoms with E-state index in [1.54, 1.807) is 18.2 Å². The average Bonchev–Trinajstić information content (AvgIpc) is 2.42. The van der Waals surface area contributed by atoms with E-state index in [0.29, 0.717) is 11.6 Å². The number of nitrogens with zero attached hydrogens (tertiary/aromatic N) is 2. The molecule has 19 heavy (non-hydrogen) atoms. The monoisotopic (exact) mass is 324 g/mol. The van der Waals surface area contributed by atoms with Gasteiger partial charge in [-0.3, -0.25) is 4.79 Å². The van der Waals surface area contributed by atoms with E-state index in [2.05, 4.69) is 25.9 Å². The molecule has 0 spiro atoms. The molecule has 0 radical (unpaired) electrons. The summed E-state index contributed by atoms with van der Waals surface area (Å²) in [6.07, 6.45) is 1.30. The zero-order chi connectivity index (χ0) is 13.8. The van der Waals surface area contributed by atoms with Gasteiger partial charge in [0.2, 0.25) is 5.88 Å². The number of ether oxygens (including phenoxy) is 1. The van der Waals surface area contributed by atoms with Gasteiger partial charge in [-0.1, -0.05) is 6.07 Å². The van der Waals surface area contributed by atoms with Crippen molar-refractivity contribution >= 4 is 21.7 Å². The van der Waals surface area contributed by atoms with Gasteiger partial charge in [-0.25, -0.2) is 14.4 Å². The summed E-state index contributed by atoms with van der Waals surface area (Å²) < 4.78 is 19.0. The third kappa shape index (κ3) is 3.14. The smallest absolute Gasteiger partial charge is 0.216 e. The Bertz CT molecular complexity index is 619. The van der Waals surface area contributed by atoms with Gasteiger partial charge in [-0.05, 0) is 28.1 Å². The predicted octanol–water partition coefficient (Wildman–Crippen LogP) is 2.81. The number of halogens is 2. The van der Waals surface area contributed by atoms with Crippen LogP contribution in [0.15, 0.2) is 35.1 Å². The molecule has 0 aliphatic rings. The number of hydrogen-bond acceptors (Lipinski definition) is 4. The number of rotatable bonds is 4. The second-order valence-electron chi connectivity index (χ2n) is 3.75. The fraction of sp³-hybridized carbons (Fsp3) is 0.154. The Morgan fingerprint density at radius 3 is 2.95 bits per heavy atom. The van der Waals surface area contributed by atoms with Gasteiger partial charge in [0.1, 0.15) is 12.1 Å². The van der Waals surface area contributed by atoms with Crippen LogP contribution in [0.5, 0.6) is 5.88 Å². The summed E-state index contributed by atoms with van der Waals surface area (Å²) in [7, 11) is 1.47. The molecule has 1 aromatic heterocycles. The highest BCUT2D eigenvalue weighted by atomic mass is 79.9. The fourth-order valence-electron chi connectivity index (χ4n) is 1.56. The van der Waals surface area contributed by atoms with Crippen LogP contribution >= 0.6 is 15.9 Å². The highest BCUT2D eigenvalue weighted by molar-refractivity contribution is 9.10. The first kappa shape index (κ1) is 13.6. The molecule has 0 bridgehead atoms. The molecule has 1 heterocycles. The van der Waals surface area contributed by atoms with Gasteiger partial charge in [0.05, 0.1) is 29.3 Å². The van der Waals surface area contributed by atoms with Crippen LogP contribution in [0.3, 0.4) is 0 Å². The lowest BCUT2D eigenvalue weighted by molar-refractivity contribution is 0.0988. The average molecular weight is 325 g/mol. The van der Waals surface area contributed by atoms with E-state index < -0.39 is 5.82 Å². The van der Waals surface area contributed by atoms with E-state index in [-0.39, 0.29) is 22.2 Å². The van der Waals surface area contributed by atoms with E-state index >= 15 is 0 Å². The van der Waals surface area contributed by atoms with Crippen molar-refractivity contribution in [3.05, 3.63) is 52.1 Å². The molecule has 1 aromatic carbocycles. The second-order valence-corrected chi connectivity index (χ2v) is 4.61. The Hall–Kier alpha value is -1.82.